The van der Waals surface area contributed by atoms with Crippen LogP contribution in [-0.4, -0.2) is 55.4 Å². The number of pyridine rings is 1. The Labute approximate surface area is 206 Å². The molecular formula is C24H24F3N5O3S. The zero-order valence-electron chi connectivity index (χ0n) is 19.4. The number of piperidine rings is 1. The lowest BCUT2D eigenvalue weighted by atomic mass is 10.1. The molecule has 0 aliphatic carbocycles. The highest BCUT2D eigenvalue weighted by Gasteiger charge is 2.32. The van der Waals surface area contributed by atoms with Gasteiger partial charge in [-0.15, -0.1) is 0 Å². The number of rotatable bonds is 5. The van der Waals surface area contributed by atoms with E-state index in [0.29, 0.717) is 61.3 Å². The third kappa shape index (κ3) is 5.08. The summed E-state index contributed by atoms with van der Waals surface area (Å²) in [6.45, 7) is 1.68. The fourth-order valence-electron chi connectivity index (χ4n) is 4.53. The van der Waals surface area contributed by atoms with Crippen LogP contribution in [0.3, 0.4) is 0 Å². The Morgan fingerprint density at radius 2 is 1.75 bits per heavy atom. The topological polar surface area (TPSA) is 88.5 Å². The molecule has 5 rings (SSSR count). The highest BCUT2D eigenvalue weighted by atomic mass is 32.2. The summed E-state index contributed by atoms with van der Waals surface area (Å²) >= 11 is 0. The van der Waals surface area contributed by atoms with Crippen molar-refractivity contribution in [2.24, 2.45) is 0 Å². The summed E-state index contributed by atoms with van der Waals surface area (Å²) in [5, 5.41) is 0. The quantitative estimate of drug-likeness (QED) is 0.499. The van der Waals surface area contributed by atoms with E-state index in [-0.39, 0.29) is 6.10 Å². The molecule has 0 saturated carbocycles. The first-order valence-electron chi connectivity index (χ1n) is 11.5. The maximum atomic E-state index is 13.0. The molecule has 1 saturated heterocycles. The smallest absolute Gasteiger partial charge is 0.416 e. The van der Waals surface area contributed by atoms with Crippen molar-refractivity contribution in [2.75, 3.05) is 35.7 Å². The van der Waals surface area contributed by atoms with Crippen LogP contribution in [0.1, 0.15) is 24.0 Å². The molecule has 0 radical (unpaired) electrons. The van der Waals surface area contributed by atoms with Gasteiger partial charge in [0.05, 0.1) is 10.5 Å². The molecule has 1 fully saturated rings. The van der Waals surface area contributed by atoms with Crippen LogP contribution in [0, 0.1) is 0 Å². The first-order chi connectivity index (χ1) is 17.1. The first kappa shape index (κ1) is 24.3. The number of hydrogen-bond donors (Lipinski definition) is 0. The highest BCUT2D eigenvalue weighted by Crippen LogP contribution is 2.36. The van der Waals surface area contributed by atoms with Crippen LogP contribution in [0.5, 0.6) is 5.88 Å². The van der Waals surface area contributed by atoms with Crippen LogP contribution < -0.4 is 14.5 Å². The molecule has 0 amide bonds. The van der Waals surface area contributed by atoms with Gasteiger partial charge < -0.3 is 14.5 Å². The molecule has 2 aliphatic rings. The maximum Gasteiger partial charge on any atom is 0.416 e. The SMILES string of the molecule is CS(=O)(=O)c1ccc2c(c1)CCN2c1cc(OC2CCN(c3cc(C(F)(F)F)ccn3)CC2)ncn1. The Morgan fingerprint density at radius 1 is 0.972 bits per heavy atom. The van der Waals surface area contributed by atoms with E-state index in [2.05, 4.69) is 15.0 Å². The van der Waals surface area contributed by atoms with Crippen molar-refractivity contribution >= 4 is 27.2 Å². The zero-order chi connectivity index (χ0) is 25.5. The molecule has 0 spiro atoms. The Kier molecular flexibility index (Phi) is 6.23. The molecule has 0 atom stereocenters. The number of fused-ring (bicyclic) bond motifs is 1. The highest BCUT2D eigenvalue weighted by molar-refractivity contribution is 7.90. The van der Waals surface area contributed by atoms with Gasteiger partial charge in [-0.3, -0.25) is 0 Å². The molecule has 3 aromatic rings. The number of benzene rings is 1. The third-order valence-electron chi connectivity index (χ3n) is 6.40. The van der Waals surface area contributed by atoms with E-state index in [0.717, 1.165) is 23.4 Å². The molecule has 0 bridgehead atoms. The van der Waals surface area contributed by atoms with E-state index in [4.69, 9.17) is 4.74 Å². The van der Waals surface area contributed by atoms with Crippen molar-refractivity contribution in [3.05, 3.63) is 60.0 Å². The van der Waals surface area contributed by atoms with E-state index < -0.39 is 21.6 Å². The number of nitrogens with zero attached hydrogens (tertiary/aromatic N) is 5. The number of sulfone groups is 1. The van der Waals surface area contributed by atoms with Gasteiger partial charge in [0.15, 0.2) is 9.84 Å². The van der Waals surface area contributed by atoms with Gasteiger partial charge in [-0.05, 0) is 42.3 Å². The largest absolute Gasteiger partial charge is 0.474 e. The third-order valence-corrected chi connectivity index (χ3v) is 7.52. The summed E-state index contributed by atoms with van der Waals surface area (Å²) in [5.41, 5.74) is 1.12. The number of aromatic nitrogens is 3. The van der Waals surface area contributed by atoms with Gasteiger partial charge in [-0.2, -0.15) is 13.2 Å². The molecule has 2 aromatic heterocycles. The second-order valence-electron chi connectivity index (χ2n) is 8.88. The number of ether oxygens (including phenoxy) is 1. The van der Waals surface area contributed by atoms with E-state index in [1.54, 1.807) is 24.3 Å². The number of alkyl halides is 3. The Balaban J connectivity index is 1.24. The minimum atomic E-state index is -4.41. The van der Waals surface area contributed by atoms with Gasteiger partial charge in [0.2, 0.25) is 5.88 Å². The average molecular weight is 520 g/mol. The zero-order valence-corrected chi connectivity index (χ0v) is 20.3. The lowest BCUT2D eigenvalue weighted by Gasteiger charge is -2.33. The minimum Gasteiger partial charge on any atom is -0.474 e. The van der Waals surface area contributed by atoms with Crippen LogP contribution in [0.25, 0.3) is 0 Å². The van der Waals surface area contributed by atoms with Crippen molar-refractivity contribution in [3.8, 4) is 5.88 Å². The summed E-state index contributed by atoms with van der Waals surface area (Å²) in [7, 11) is -3.28. The molecule has 4 heterocycles. The predicted octanol–water partition coefficient (Wildman–Crippen LogP) is 4.04. The van der Waals surface area contributed by atoms with Crippen LogP contribution in [0.15, 0.2) is 53.8 Å². The fourth-order valence-corrected chi connectivity index (χ4v) is 5.20. The van der Waals surface area contributed by atoms with E-state index >= 15 is 0 Å². The number of halogens is 3. The van der Waals surface area contributed by atoms with Crippen LogP contribution in [0.2, 0.25) is 0 Å². The van der Waals surface area contributed by atoms with Crippen LogP contribution >= 0.6 is 0 Å². The van der Waals surface area contributed by atoms with Crippen molar-refractivity contribution in [2.45, 2.75) is 36.4 Å². The Hall–Kier alpha value is -3.41. The van der Waals surface area contributed by atoms with Crippen LogP contribution in [0.4, 0.5) is 30.5 Å². The van der Waals surface area contributed by atoms with E-state index in [9.17, 15) is 21.6 Å². The molecular weight excluding hydrogens is 495 g/mol. The van der Waals surface area contributed by atoms with E-state index in [1.807, 2.05) is 9.80 Å². The van der Waals surface area contributed by atoms with Gasteiger partial charge in [-0.1, -0.05) is 0 Å². The van der Waals surface area contributed by atoms with Gasteiger partial charge in [0.25, 0.3) is 0 Å². The van der Waals surface area contributed by atoms with Gasteiger partial charge in [0.1, 0.15) is 24.1 Å². The van der Waals surface area contributed by atoms with Crippen LogP contribution in [-0.2, 0) is 22.4 Å². The van der Waals surface area contributed by atoms with Crippen molar-refractivity contribution in [1.82, 2.24) is 15.0 Å². The molecule has 1 aromatic carbocycles. The summed E-state index contributed by atoms with van der Waals surface area (Å²) in [4.78, 5) is 16.8. The second-order valence-corrected chi connectivity index (χ2v) is 10.9. The Morgan fingerprint density at radius 3 is 2.47 bits per heavy atom. The summed E-state index contributed by atoms with van der Waals surface area (Å²) in [6, 6.07) is 8.88. The van der Waals surface area contributed by atoms with E-state index in [1.165, 1.54) is 18.8 Å². The molecule has 0 unspecified atom stereocenters. The summed E-state index contributed by atoms with van der Waals surface area (Å²) in [6.07, 6.45) is 1.16. The second kappa shape index (κ2) is 9.23. The average Bonchev–Trinajstić information content (AvgIpc) is 3.27. The van der Waals surface area contributed by atoms with Crippen molar-refractivity contribution < 1.29 is 26.3 Å². The molecule has 8 nitrogen and oxygen atoms in total. The summed E-state index contributed by atoms with van der Waals surface area (Å²) in [5.74, 6) is 1.37. The molecule has 2 aliphatic heterocycles. The van der Waals surface area contributed by atoms with Gasteiger partial charge in [0, 0.05) is 56.7 Å². The first-order valence-corrected chi connectivity index (χ1v) is 13.3. The molecule has 12 heteroatoms. The molecule has 36 heavy (non-hydrogen) atoms. The minimum absolute atomic E-state index is 0.141. The maximum absolute atomic E-state index is 13.0. The lowest BCUT2D eigenvalue weighted by molar-refractivity contribution is -0.137. The standard InChI is InChI=1S/C24H24F3N5O3S/c1-36(33,34)19-2-3-20-16(12-19)5-11-32(20)22-14-23(30-15-29-22)35-18-6-9-31(10-7-18)21-13-17(4-8-28-21)24(25,26)27/h2-4,8,12-15,18H,5-7,9-11H2,1H3. The lowest BCUT2D eigenvalue weighted by Crippen LogP contribution is -2.39. The monoisotopic (exact) mass is 519 g/mol. The van der Waals surface area contributed by atoms with Gasteiger partial charge >= 0.3 is 6.18 Å². The normalized spacial score (nSPS) is 16.8. The van der Waals surface area contributed by atoms with Crippen molar-refractivity contribution in [1.29, 1.82) is 0 Å². The fraction of sp³-hybridized carbons (Fsp3) is 0.375. The number of anilines is 3. The molecule has 0 N–H and O–H groups in total. The molecule has 190 valence electrons. The Bertz CT molecular complexity index is 1380. The number of hydrogen-bond acceptors (Lipinski definition) is 8. The summed E-state index contributed by atoms with van der Waals surface area (Å²) < 4.78 is 68.9. The van der Waals surface area contributed by atoms with Gasteiger partial charge in [-0.25, -0.2) is 23.4 Å². The predicted molar refractivity (Wildman–Crippen MR) is 127 cm³/mol. The van der Waals surface area contributed by atoms with Crippen molar-refractivity contribution in [3.63, 3.8) is 0 Å².